The zero-order valence-corrected chi connectivity index (χ0v) is 19.3. The summed E-state index contributed by atoms with van der Waals surface area (Å²) in [6.45, 7) is 2.71. The second-order valence-corrected chi connectivity index (χ2v) is 10.6. The molecule has 2 aliphatic rings. The molecular formula is C24H31N3O4S. The van der Waals surface area contributed by atoms with Crippen LogP contribution < -0.4 is 10.1 Å². The number of piperidine rings is 2. The van der Waals surface area contributed by atoms with Crippen molar-refractivity contribution < 1.29 is 17.9 Å². The summed E-state index contributed by atoms with van der Waals surface area (Å²) < 4.78 is 33.3. The monoisotopic (exact) mass is 457 g/mol. The number of carbonyl (C=O) groups is 1. The molecule has 0 bridgehead atoms. The van der Waals surface area contributed by atoms with Crippen LogP contribution in [0.25, 0.3) is 0 Å². The van der Waals surface area contributed by atoms with Crippen molar-refractivity contribution in [3.05, 3.63) is 54.6 Å². The molecule has 2 aliphatic heterocycles. The van der Waals surface area contributed by atoms with Crippen molar-refractivity contribution in [1.82, 2.24) is 9.21 Å². The third-order valence-electron chi connectivity index (χ3n) is 6.23. The van der Waals surface area contributed by atoms with Crippen LogP contribution in [-0.2, 0) is 14.8 Å². The van der Waals surface area contributed by atoms with Crippen molar-refractivity contribution in [1.29, 1.82) is 0 Å². The Morgan fingerprint density at radius 1 is 0.969 bits per heavy atom. The fourth-order valence-corrected chi connectivity index (χ4v) is 5.82. The van der Waals surface area contributed by atoms with Crippen LogP contribution in [0.2, 0.25) is 0 Å². The van der Waals surface area contributed by atoms with E-state index in [0.29, 0.717) is 25.1 Å². The highest BCUT2D eigenvalue weighted by atomic mass is 32.2. The number of anilines is 1. The molecule has 8 heteroatoms. The maximum absolute atomic E-state index is 12.9. The molecule has 1 N–H and O–H groups in total. The van der Waals surface area contributed by atoms with Gasteiger partial charge in [-0.05, 0) is 69.1 Å². The third kappa shape index (κ3) is 5.49. The summed E-state index contributed by atoms with van der Waals surface area (Å²) in [6, 6.07) is 15.8. The lowest BCUT2D eigenvalue weighted by Gasteiger charge is -2.31. The molecule has 0 spiro atoms. The molecule has 0 aliphatic carbocycles. The minimum Gasteiger partial charge on any atom is -0.490 e. The molecule has 2 heterocycles. The van der Waals surface area contributed by atoms with E-state index in [1.54, 1.807) is 30.3 Å². The molecule has 2 saturated heterocycles. The van der Waals surface area contributed by atoms with Crippen molar-refractivity contribution in [3.63, 3.8) is 0 Å². The van der Waals surface area contributed by atoms with E-state index < -0.39 is 10.0 Å². The quantitative estimate of drug-likeness (QED) is 0.721. The summed E-state index contributed by atoms with van der Waals surface area (Å²) in [5.41, 5.74) is 0.689. The molecule has 0 aromatic heterocycles. The molecule has 7 nitrogen and oxygen atoms in total. The second kappa shape index (κ2) is 10.0. The largest absolute Gasteiger partial charge is 0.490 e. The van der Waals surface area contributed by atoms with Crippen LogP contribution in [0.5, 0.6) is 5.75 Å². The van der Waals surface area contributed by atoms with Crippen molar-refractivity contribution in [2.45, 2.75) is 36.7 Å². The van der Waals surface area contributed by atoms with E-state index in [4.69, 9.17) is 4.74 Å². The minimum absolute atomic E-state index is 0.151. The van der Waals surface area contributed by atoms with Gasteiger partial charge in [-0.15, -0.1) is 0 Å². The number of carbonyl (C=O) groups excluding carboxylic acids is 1. The Hall–Kier alpha value is -2.42. The van der Waals surface area contributed by atoms with E-state index in [1.807, 2.05) is 24.3 Å². The first-order valence-corrected chi connectivity index (χ1v) is 12.7. The van der Waals surface area contributed by atoms with Gasteiger partial charge >= 0.3 is 0 Å². The topological polar surface area (TPSA) is 79.0 Å². The maximum Gasteiger partial charge on any atom is 0.243 e. The van der Waals surface area contributed by atoms with Crippen LogP contribution in [-0.4, -0.2) is 62.9 Å². The Kier molecular flexibility index (Phi) is 7.13. The zero-order valence-electron chi connectivity index (χ0n) is 18.4. The van der Waals surface area contributed by atoms with Gasteiger partial charge < -0.3 is 15.0 Å². The van der Waals surface area contributed by atoms with Crippen molar-refractivity contribution >= 4 is 21.6 Å². The maximum atomic E-state index is 12.9. The van der Waals surface area contributed by atoms with E-state index in [2.05, 4.69) is 17.3 Å². The minimum atomic E-state index is -3.59. The number of likely N-dealkylation sites (tertiary alicyclic amines) is 1. The summed E-state index contributed by atoms with van der Waals surface area (Å²) in [5.74, 6) is 0.273. The first kappa shape index (κ1) is 22.8. The van der Waals surface area contributed by atoms with E-state index in [0.717, 1.165) is 31.7 Å². The Bertz CT molecular complexity index is 1000. The molecule has 2 fully saturated rings. The van der Waals surface area contributed by atoms with Crippen LogP contribution >= 0.6 is 0 Å². The molecule has 0 saturated carbocycles. The van der Waals surface area contributed by atoms with Crippen molar-refractivity contribution in [2.24, 2.45) is 5.92 Å². The number of ether oxygens (including phenoxy) is 1. The van der Waals surface area contributed by atoms with Crippen molar-refractivity contribution in [3.8, 4) is 5.75 Å². The van der Waals surface area contributed by atoms with Crippen LogP contribution in [0.4, 0.5) is 5.69 Å². The lowest BCUT2D eigenvalue weighted by Crippen LogP contribution is -2.43. The molecule has 32 heavy (non-hydrogen) atoms. The molecule has 1 amide bonds. The molecular weight excluding hydrogens is 426 g/mol. The number of nitrogens with zero attached hydrogens (tertiary/aromatic N) is 2. The molecule has 0 radical (unpaired) electrons. The first-order chi connectivity index (χ1) is 15.4. The van der Waals surface area contributed by atoms with E-state index in [9.17, 15) is 13.2 Å². The summed E-state index contributed by atoms with van der Waals surface area (Å²) in [6.07, 6.45) is 3.58. The summed E-state index contributed by atoms with van der Waals surface area (Å²) in [7, 11) is -1.47. The molecule has 0 unspecified atom stereocenters. The normalized spacial score (nSPS) is 21.2. The average Bonchev–Trinajstić information content (AvgIpc) is 2.82. The standard InChI is InChI=1S/C24H31N3O4S/c1-26-16-13-22(14-17-26)31-21-11-9-20(10-12-21)25-24(28)19-6-5-15-27(18-19)32(29,30)23-7-3-2-4-8-23/h2-4,7-12,19,22H,5-6,13-18H2,1H3,(H,25,28)/t19-/m0/s1. The lowest BCUT2D eigenvalue weighted by atomic mass is 9.98. The van der Waals surface area contributed by atoms with Crippen LogP contribution in [0, 0.1) is 5.92 Å². The highest BCUT2D eigenvalue weighted by molar-refractivity contribution is 7.89. The molecule has 1 atom stereocenters. The number of sulfonamides is 1. The van der Waals surface area contributed by atoms with Crippen LogP contribution in [0.1, 0.15) is 25.7 Å². The fraction of sp³-hybridized carbons (Fsp3) is 0.458. The predicted molar refractivity (Wildman–Crippen MR) is 124 cm³/mol. The fourth-order valence-electron chi connectivity index (χ4n) is 4.27. The van der Waals surface area contributed by atoms with Gasteiger partial charge in [-0.25, -0.2) is 8.42 Å². The Morgan fingerprint density at radius 3 is 2.34 bits per heavy atom. The number of benzene rings is 2. The lowest BCUT2D eigenvalue weighted by molar-refractivity contribution is -0.120. The summed E-state index contributed by atoms with van der Waals surface area (Å²) >= 11 is 0. The van der Waals surface area contributed by atoms with Crippen LogP contribution in [0.15, 0.2) is 59.5 Å². The number of amides is 1. The summed E-state index contributed by atoms with van der Waals surface area (Å²) in [5, 5.41) is 2.94. The van der Waals surface area contributed by atoms with Gasteiger partial charge in [0.25, 0.3) is 0 Å². The molecule has 2 aromatic carbocycles. The Morgan fingerprint density at radius 2 is 1.66 bits per heavy atom. The second-order valence-electron chi connectivity index (χ2n) is 8.65. The van der Waals surface area contributed by atoms with Gasteiger partial charge in [-0.3, -0.25) is 4.79 Å². The van der Waals surface area contributed by atoms with Gasteiger partial charge in [0.2, 0.25) is 15.9 Å². The smallest absolute Gasteiger partial charge is 0.243 e. The SMILES string of the molecule is CN1CCC(Oc2ccc(NC(=O)[C@H]3CCCN(S(=O)(=O)c4ccccc4)C3)cc2)CC1. The van der Waals surface area contributed by atoms with E-state index in [1.165, 1.54) is 4.31 Å². The van der Waals surface area contributed by atoms with Gasteiger partial charge in [0.1, 0.15) is 11.9 Å². The van der Waals surface area contributed by atoms with Gasteiger partial charge in [0, 0.05) is 31.9 Å². The molecule has 4 rings (SSSR count). The number of hydrogen-bond acceptors (Lipinski definition) is 5. The van der Waals surface area contributed by atoms with Gasteiger partial charge in [0.15, 0.2) is 0 Å². The average molecular weight is 458 g/mol. The molecule has 2 aromatic rings. The Balaban J connectivity index is 1.33. The Labute approximate surface area is 190 Å². The summed E-state index contributed by atoms with van der Waals surface area (Å²) in [4.78, 5) is 15.4. The number of nitrogens with one attached hydrogen (secondary N) is 1. The highest BCUT2D eigenvalue weighted by Crippen LogP contribution is 2.26. The van der Waals surface area contributed by atoms with E-state index in [-0.39, 0.29) is 29.4 Å². The van der Waals surface area contributed by atoms with E-state index >= 15 is 0 Å². The van der Waals surface area contributed by atoms with Gasteiger partial charge in [-0.1, -0.05) is 18.2 Å². The van der Waals surface area contributed by atoms with Gasteiger partial charge in [0.05, 0.1) is 10.8 Å². The van der Waals surface area contributed by atoms with Crippen molar-refractivity contribution in [2.75, 3.05) is 38.5 Å². The highest BCUT2D eigenvalue weighted by Gasteiger charge is 2.33. The van der Waals surface area contributed by atoms with Crippen LogP contribution in [0.3, 0.4) is 0 Å². The third-order valence-corrected chi connectivity index (χ3v) is 8.11. The predicted octanol–water partition coefficient (Wildman–Crippen LogP) is 3.20. The zero-order chi connectivity index (χ0) is 22.6. The van der Waals surface area contributed by atoms with Gasteiger partial charge in [-0.2, -0.15) is 4.31 Å². The molecule has 172 valence electrons. The first-order valence-electron chi connectivity index (χ1n) is 11.2. The number of rotatable bonds is 6. The number of hydrogen-bond donors (Lipinski definition) is 1.